The van der Waals surface area contributed by atoms with Crippen LogP contribution in [0.25, 0.3) is 0 Å². The number of hydrogen-bond donors (Lipinski definition) is 1. The second-order valence-corrected chi connectivity index (χ2v) is 5.25. The average Bonchev–Trinajstić information content (AvgIpc) is 2.27. The van der Waals surface area contributed by atoms with Gasteiger partial charge in [0.2, 0.25) is 10.0 Å². The van der Waals surface area contributed by atoms with Gasteiger partial charge in [-0.25, -0.2) is 13.1 Å². The summed E-state index contributed by atoms with van der Waals surface area (Å²) in [5.41, 5.74) is 1.22. The molecule has 15 heavy (non-hydrogen) atoms. The lowest BCUT2D eigenvalue weighted by molar-refractivity contribution is 0.586. The van der Waals surface area contributed by atoms with Gasteiger partial charge in [0.1, 0.15) is 5.21 Å². The molecular formula is C9H9ClN2O2S. The second kappa shape index (κ2) is 5.12. The molecule has 0 unspecified atom stereocenters. The van der Waals surface area contributed by atoms with Crippen LogP contribution in [0, 0.1) is 11.3 Å². The molecule has 0 bridgehead atoms. The van der Waals surface area contributed by atoms with Gasteiger partial charge < -0.3 is 0 Å². The highest BCUT2D eigenvalue weighted by molar-refractivity contribution is 7.90. The molecule has 6 heteroatoms. The number of rotatable bonds is 4. The molecule has 80 valence electrons. The highest BCUT2D eigenvalue weighted by Crippen LogP contribution is 2.04. The molecule has 0 aliphatic heterocycles. The molecule has 0 aliphatic carbocycles. The summed E-state index contributed by atoms with van der Waals surface area (Å²) in [6.07, 6.45) is 0. The normalized spacial score (nSPS) is 10.9. The minimum absolute atomic E-state index is 0.143. The number of nitriles is 1. The number of sulfonamides is 1. The Hall–Kier alpha value is -1.09. The minimum Gasteiger partial charge on any atom is -0.211 e. The summed E-state index contributed by atoms with van der Waals surface area (Å²) < 4.78 is 24.3. The third kappa shape index (κ3) is 3.88. The van der Waals surface area contributed by atoms with Crippen molar-refractivity contribution in [3.63, 3.8) is 0 Å². The maximum atomic E-state index is 11.0. The molecule has 0 saturated carbocycles. The average molecular weight is 245 g/mol. The lowest BCUT2D eigenvalue weighted by atomic mass is 10.1. The Morgan fingerprint density at radius 1 is 1.47 bits per heavy atom. The van der Waals surface area contributed by atoms with Crippen LogP contribution in [0.3, 0.4) is 0 Å². The molecule has 4 nitrogen and oxygen atoms in total. The maximum absolute atomic E-state index is 11.0. The fourth-order valence-corrected chi connectivity index (χ4v) is 1.68. The van der Waals surface area contributed by atoms with E-state index in [4.69, 9.17) is 16.9 Å². The van der Waals surface area contributed by atoms with E-state index in [0.717, 1.165) is 5.56 Å². The van der Waals surface area contributed by atoms with E-state index in [0.29, 0.717) is 5.56 Å². The summed E-state index contributed by atoms with van der Waals surface area (Å²) in [5.74, 6) is 0. The highest BCUT2D eigenvalue weighted by Gasteiger charge is 2.06. The maximum Gasteiger partial charge on any atom is 0.225 e. The number of alkyl halides is 1. The van der Waals surface area contributed by atoms with Crippen LogP contribution < -0.4 is 4.72 Å². The van der Waals surface area contributed by atoms with Crippen LogP contribution in [-0.2, 0) is 16.6 Å². The molecular weight excluding hydrogens is 236 g/mol. The van der Waals surface area contributed by atoms with E-state index in [-0.39, 0.29) is 6.54 Å². The van der Waals surface area contributed by atoms with Crippen molar-refractivity contribution < 1.29 is 8.42 Å². The van der Waals surface area contributed by atoms with Crippen LogP contribution in [-0.4, -0.2) is 13.6 Å². The van der Waals surface area contributed by atoms with E-state index >= 15 is 0 Å². The van der Waals surface area contributed by atoms with Crippen molar-refractivity contribution in [1.29, 1.82) is 5.26 Å². The van der Waals surface area contributed by atoms with Gasteiger partial charge in [-0.2, -0.15) is 5.26 Å². The van der Waals surface area contributed by atoms with Gasteiger partial charge >= 0.3 is 0 Å². The van der Waals surface area contributed by atoms with Crippen molar-refractivity contribution in [3.8, 4) is 6.07 Å². The summed E-state index contributed by atoms with van der Waals surface area (Å²) in [5, 5.41) is 8.16. The summed E-state index contributed by atoms with van der Waals surface area (Å²) in [6, 6.07) is 8.68. The number of hydrogen-bond acceptors (Lipinski definition) is 3. The van der Waals surface area contributed by atoms with Gasteiger partial charge in [-0.15, -0.1) is 11.6 Å². The summed E-state index contributed by atoms with van der Waals surface area (Å²) in [4.78, 5) is 0. The largest absolute Gasteiger partial charge is 0.225 e. The molecule has 0 heterocycles. The molecule has 1 aromatic rings. The molecule has 1 rings (SSSR count). The molecule has 0 fully saturated rings. The molecule has 1 N–H and O–H groups in total. The van der Waals surface area contributed by atoms with Crippen LogP contribution in [0.1, 0.15) is 11.1 Å². The zero-order valence-electron chi connectivity index (χ0n) is 7.77. The SMILES string of the molecule is N#Cc1cccc(CNS(=O)(=O)CCl)c1. The summed E-state index contributed by atoms with van der Waals surface area (Å²) >= 11 is 5.22. The third-order valence-corrected chi connectivity index (χ3v) is 3.43. The first-order valence-electron chi connectivity index (χ1n) is 4.10. The zero-order chi connectivity index (χ0) is 11.3. The first kappa shape index (κ1) is 12.0. The van der Waals surface area contributed by atoms with Crippen LogP contribution in [0.5, 0.6) is 0 Å². The first-order chi connectivity index (χ1) is 7.07. The molecule has 0 spiro atoms. The zero-order valence-corrected chi connectivity index (χ0v) is 9.35. The lowest BCUT2D eigenvalue weighted by Gasteiger charge is -2.03. The molecule has 0 aromatic heterocycles. The van der Waals surface area contributed by atoms with Gasteiger partial charge in [0.15, 0.2) is 0 Å². The Morgan fingerprint density at radius 3 is 2.80 bits per heavy atom. The van der Waals surface area contributed by atoms with E-state index in [1.54, 1.807) is 24.3 Å². The van der Waals surface area contributed by atoms with Crippen molar-refractivity contribution in [2.75, 3.05) is 5.21 Å². The smallest absolute Gasteiger partial charge is 0.211 e. The van der Waals surface area contributed by atoms with Gasteiger partial charge in [-0.05, 0) is 17.7 Å². The fourth-order valence-electron chi connectivity index (χ4n) is 0.983. The van der Waals surface area contributed by atoms with Crippen molar-refractivity contribution in [1.82, 2.24) is 4.72 Å². The molecule has 1 aromatic carbocycles. The predicted molar refractivity (Wildman–Crippen MR) is 57.6 cm³/mol. The van der Waals surface area contributed by atoms with E-state index in [1.165, 1.54) is 0 Å². The minimum atomic E-state index is -3.40. The van der Waals surface area contributed by atoms with Gasteiger partial charge in [0, 0.05) is 6.54 Å². The van der Waals surface area contributed by atoms with Crippen molar-refractivity contribution in [2.45, 2.75) is 6.54 Å². The van der Waals surface area contributed by atoms with Crippen molar-refractivity contribution in [3.05, 3.63) is 35.4 Å². The number of nitrogens with one attached hydrogen (secondary N) is 1. The van der Waals surface area contributed by atoms with Gasteiger partial charge in [-0.3, -0.25) is 0 Å². The Labute approximate surface area is 93.5 Å². The lowest BCUT2D eigenvalue weighted by Crippen LogP contribution is -2.23. The quantitative estimate of drug-likeness (QED) is 0.809. The topological polar surface area (TPSA) is 70.0 Å². The van der Waals surface area contributed by atoms with E-state index in [2.05, 4.69) is 4.72 Å². The summed E-state index contributed by atoms with van der Waals surface area (Å²) in [6.45, 7) is 0.143. The van der Waals surface area contributed by atoms with Gasteiger partial charge in [0.05, 0.1) is 11.6 Å². The van der Waals surface area contributed by atoms with E-state index in [9.17, 15) is 8.42 Å². The van der Waals surface area contributed by atoms with Crippen LogP contribution in [0.4, 0.5) is 0 Å². The molecule has 0 radical (unpaired) electrons. The molecule has 0 amide bonds. The summed E-state index contributed by atoms with van der Waals surface area (Å²) in [7, 11) is -3.40. The van der Waals surface area contributed by atoms with Crippen LogP contribution in [0.15, 0.2) is 24.3 Å². The van der Waals surface area contributed by atoms with Crippen LogP contribution in [0.2, 0.25) is 0 Å². The Balaban J connectivity index is 2.71. The monoisotopic (exact) mass is 244 g/mol. The predicted octanol–water partition coefficient (Wildman–Crippen LogP) is 1.17. The first-order valence-corrected chi connectivity index (χ1v) is 6.28. The number of benzene rings is 1. The van der Waals surface area contributed by atoms with Crippen molar-refractivity contribution >= 4 is 21.6 Å². The molecule has 0 atom stereocenters. The Bertz CT molecular complexity index is 479. The fraction of sp³-hybridized carbons (Fsp3) is 0.222. The second-order valence-electron chi connectivity index (χ2n) is 2.86. The number of nitrogens with zero attached hydrogens (tertiary/aromatic N) is 1. The standard InChI is InChI=1S/C9H9ClN2O2S/c10-7-15(13,14)12-6-9-3-1-2-8(4-9)5-11/h1-4,12H,6-7H2. The Kier molecular flexibility index (Phi) is 4.09. The van der Waals surface area contributed by atoms with Gasteiger partial charge in [0.25, 0.3) is 0 Å². The van der Waals surface area contributed by atoms with E-state index in [1.807, 2.05) is 6.07 Å². The molecule has 0 aliphatic rings. The van der Waals surface area contributed by atoms with Crippen LogP contribution >= 0.6 is 11.6 Å². The van der Waals surface area contributed by atoms with Crippen molar-refractivity contribution in [2.24, 2.45) is 0 Å². The van der Waals surface area contributed by atoms with Gasteiger partial charge in [-0.1, -0.05) is 12.1 Å². The third-order valence-electron chi connectivity index (χ3n) is 1.70. The number of halogens is 1. The highest BCUT2D eigenvalue weighted by atomic mass is 35.5. The molecule has 0 saturated heterocycles. The Morgan fingerprint density at radius 2 is 2.20 bits per heavy atom. The van der Waals surface area contributed by atoms with E-state index < -0.39 is 15.2 Å².